The number of hydrogen-bond acceptors (Lipinski definition) is 0. The molecule has 1 heteroatoms. The van der Waals surface area contributed by atoms with Gasteiger partial charge in [-0.2, -0.15) is 22.7 Å². The van der Waals surface area contributed by atoms with Crippen LogP contribution in [0.15, 0.2) is 54.6 Å². The molecule has 0 aliphatic heterocycles. The van der Waals surface area contributed by atoms with Crippen molar-refractivity contribution in [1.82, 2.24) is 0 Å². The molecule has 0 fully saturated rings. The van der Waals surface area contributed by atoms with Gasteiger partial charge in [0.05, 0.1) is 6.15 Å². The third-order valence-electron chi connectivity index (χ3n) is 7.52. The maximum atomic E-state index is 2.40. The molecule has 3 aromatic rings. The summed E-state index contributed by atoms with van der Waals surface area (Å²) in [6.07, 6.45) is 2.59. The second kappa shape index (κ2) is 8.62. The summed E-state index contributed by atoms with van der Waals surface area (Å²) >= 11 is 0. The Hall–Kier alpha value is -2.28. The predicted octanol–water partition coefficient (Wildman–Crippen LogP) is 5.81. The zero-order valence-corrected chi connectivity index (χ0v) is 19.4. The Morgan fingerprint density at radius 1 is 0.552 bits per heavy atom. The summed E-state index contributed by atoms with van der Waals surface area (Å²) in [6, 6.07) is 20.8. The molecule has 0 amide bonds. The van der Waals surface area contributed by atoms with Gasteiger partial charge in [0.25, 0.3) is 0 Å². The molecule has 3 rings (SSSR count). The van der Waals surface area contributed by atoms with Gasteiger partial charge in [-0.05, 0) is 41.5 Å². The van der Waals surface area contributed by atoms with E-state index in [0.29, 0.717) is 0 Å². The molecule has 0 saturated heterocycles. The van der Waals surface area contributed by atoms with Crippen LogP contribution in [0.2, 0.25) is 6.32 Å². The fourth-order valence-corrected chi connectivity index (χ4v) is 5.40. The summed E-state index contributed by atoms with van der Waals surface area (Å²) in [7, 11) is 0. The van der Waals surface area contributed by atoms with Gasteiger partial charge < -0.3 is 0 Å². The highest BCUT2D eigenvalue weighted by molar-refractivity contribution is 7.12. The SMILES string of the molecule is CCCC[B-](c1cccc(C)c1C)(c1cccc(C)c1C)c1cccc(C)c1C. The Balaban J connectivity index is 2.51. The molecule has 0 aliphatic rings. The molecule has 152 valence electrons. The number of hydrogen-bond donors (Lipinski definition) is 0. The Kier molecular flexibility index (Phi) is 6.37. The second-order valence-electron chi connectivity index (χ2n) is 9.06. The monoisotopic (exact) mass is 383 g/mol. The number of rotatable bonds is 6. The van der Waals surface area contributed by atoms with Gasteiger partial charge in [0.1, 0.15) is 0 Å². The maximum absolute atomic E-state index is 2.40. The molecule has 0 N–H and O–H groups in total. The zero-order valence-electron chi connectivity index (χ0n) is 19.4. The lowest BCUT2D eigenvalue weighted by Crippen LogP contribution is -2.69. The van der Waals surface area contributed by atoms with Crippen molar-refractivity contribution in [3.8, 4) is 0 Å². The van der Waals surface area contributed by atoms with Gasteiger partial charge in [-0.25, -0.2) is 0 Å². The Morgan fingerprint density at radius 2 is 0.897 bits per heavy atom. The van der Waals surface area contributed by atoms with Crippen LogP contribution in [0.1, 0.15) is 53.1 Å². The molecule has 0 nitrogen and oxygen atoms in total. The quantitative estimate of drug-likeness (QED) is 0.472. The minimum absolute atomic E-state index is 1.05. The molecule has 0 unspecified atom stereocenters. The molecule has 0 radical (unpaired) electrons. The van der Waals surface area contributed by atoms with E-state index in [2.05, 4.69) is 103 Å². The largest absolute Gasteiger partial charge is 0.197 e. The first kappa shape index (κ1) is 21.4. The van der Waals surface area contributed by atoms with Crippen molar-refractivity contribution in [2.75, 3.05) is 0 Å². The molecule has 0 atom stereocenters. The Bertz CT molecular complexity index is 888. The predicted molar refractivity (Wildman–Crippen MR) is 132 cm³/mol. The van der Waals surface area contributed by atoms with Gasteiger partial charge >= 0.3 is 0 Å². The fourth-order valence-electron chi connectivity index (χ4n) is 5.40. The average molecular weight is 383 g/mol. The molecule has 0 aromatic heterocycles. The third kappa shape index (κ3) is 3.68. The van der Waals surface area contributed by atoms with Crippen molar-refractivity contribution < 1.29 is 0 Å². The van der Waals surface area contributed by atoms with Gasteiger partial charge in [0.15, 0.2) is 0 Å². The van der Waals surface area contributed by atoms with Crippen molar-refractivity contribution in [1.29, 1.82) is 0 Å². The van der Waals surface area contributed by atoms with E-state index in [1.54, 1.807) is 0 Å². The van der Waals surface area contributed by atoms with Crippen molar-refractivity contribution in [2.45, 2.75) is 67.6 Å². The fraction of sp³-hybridized carbons (Fsp3) is 0.357. The summed E-state index contributed by atoms with van der Waals surface area (Å²) in [4.78, 5) is 0. The lowest BCUT2D eigenvalue weighted by atomic mass is 9.12. The summed E-state index contributed by atoms with van der Waals surface area (Å²) in [5.74, 6) is 0. The molecule has 3 aromatic carbocycles. The lowest BCUT2D eigenvalue weighted by Gasteiger charge is -2.47. The molecular formula is C28H36B-. The van der Waals surface area contributed by atoms with Crippen LogP contribution >= 0.6 is 0 Å². The molecular weight excluding hydrogens is 347 g/mol. The Morgan fingerprint density at radius 3 is 1.21 bits per heavy atom. The van der Waals surface area contributed by atoms with Crippen molar-refractivity contribution >= 4 is 22.5 Å². The molecule has 0 aliphatic carbocycles. The first-order valence-electron chi connectivity index (χ1n) is 11.2. The minimum Gasteiger partial charge on any atom is -0.197 e. The van der Waals surface area contributed by atoms with E-state index in [-0.39, 0.29) is 0 Å². The van der Waals surface area contributed by atoms with Gasteiger partial charge in [-0.3, -0.25) is 0 Å². The van der Waals surface area contributed by atoms with Crippen molar-refractivity contribution in [3.05, 3.63) is 88.0 Å². The smallest absolute Gasteiger partial charge is 0.0825 e. The van der Waals surface area contributed by atoms with Crippen LogP contribution in [-0.2, 0) is 0 Å². The second-order valence-corrected chi connectivity index (χ2v) is 9.06. The van der Waals surface area contributed by atoms with E-state index in [1.165, 1.54) is 68.9 Å². The number of unbranched alkanes of at least 4 members (excludes halogenated alkanes) is 1. The highest BCUT2D eigenvalue weighted by Gasteiger charge is 2.33. The topological polar surface area (TPSA) is 0 Å². The third-order valence-corrected chi connectivity index (χ3v) is 7.52. The van der Waals surface area contributed by atoms with Crippen LogP contribution < -0.4 is 16.4 Å². The van der Waals surface area contributed by atoms with Crippen molar-refractivity contribution in [2.24, 2.45) is 0 Å². The first-order chi connectivity index (χ1) is 13.8. The maximum Gasteiger partial charge on any atom is 0.0825 e. The van der Waals surface area contributed by atoms with E-state index in [1.807, 2.05) is 0 Å². The highest BCUT2D eigenvalue weighted by atomic mass is 14.2. The van der Waals surface area contributed by atoms with Crippen LogP contribution in [0, 0.1) is 41.5 Å². The summed E-state index contributed by atoms with van der Waals surface area (Å²) in [5, 5.41) is 0. The van der Waals surface area contributed by atoms with E-state index < -0.39 is 6.15 Å². The van der Waals surface area contributed by atoms with Crippen LogP contribution in [-0.4, -0.2) is 6.15 Å². The minimum atomic E-state index is -1.05. The van der Waals surface area contributed by atoms with E-state index >= 15 is 0 Å². The Labute approximate surface area is 178 Å². The average Bonchev–Trinajstić information content (AvgIpc) is 2.70. The van der Waals surface area contributed by atoms with Crippen LogP contribution in [0.3, 0.4) is 0 Å². The first-order valence-corrected chi connectivity index (χ1v) is 11.2. The normalized spacial score (nSPS) is 11.7. The van der Waals surface area contributed by atoms with Gasteiger partial charge in [0.2, 0.25) is 0 Å². The molecule has 0 spiro atoms. The van der Waals surface area contributed by atoms with Crippen LogP contribution in [0.5, 0.6) is 0 Å². The molecule has 0 saturated carbocycles. The van der Waals surface area contributed by atoms with Crippen LogP contribution in [0.25, 0.3) is 0 Å². The van der Waals surface area contributed by atoms with Crippen LogP contribution in [0.4, 0.5) is 0 Å². The van der Waals surface area contributed by atoms with Gasteiger partial charge in [0, 0.05) is 0 Å². The summed E-state index contributed by atoms with van der Waals surface area (Å²) in [5.41, 5.74) is 13.1. The number of aryl methyl sites for hydroxylation is 3. The zero-order chi connectivity index (χ0) is 21.2. The molecule has 29 heavy (non-hydrogen) atoms. The standard InChI is InChI=1S/C28H36B/c1-8-9-19-29(26-16-10-13-20(2)23(26)5,27-17-11-14-21(3)24(27)6)28-18-12-15-22(4)25(28)7/h10-18H,8-9,19H2,1-7H3/q-1. The van der Waals surface area contributed by atoms with Gasteiger partial charge in [-0.1, -0.05) is 108 Å². The molecule has 0 heterocycles. The number of benzene rings is 3. The summed E-state index contributed by atoms with van der Waals surface area (Å²) < 4.78 is 0. The highest BCUT2D eigenvalue weighted by Crippen LogP contribution is 2.23. The lowest BCUT2D eigenvalue weighted by molar-refractivity contribution is 0.873. The van der Waals surface area contributed by atoms with Crippen molar-refractivity contribution in [3.63, 3.8) is 0 Å². The van der Waals surface area contributed by atoms with Gasteiger partial charge in [-0.15, -0.1) is 0 Å². The van der Waals surface area contributed by atoms with E-state index in [9.17, 15) is 0 Å². The molecule has 0 bridgehead atoms. The summed E-state index contributed by atoms with van der Waals surface area (Å²) in [6.45, 7) is 16.1. The van der Waals surface area contributed by atoms with E-state index in [4.69, 9.17) is 0 Å². The van der Waals surface area contributed by atoms with E-state index in [0.717, 1.165) is 0 Å².